The van der Waals surface area contributed by atoms with E-state index in [1.54, 1.807) is 0 Å². The lowest BCUT2D eigenvalue weighted by atomic mass is 9.97. The summed E-state index contributed by atoms with van der Waals surface area (Å²) in [5.74, 6) is 1.77. The van der Waals surface area contributed by atoms with Gasteiger partial charge in [-0.3, -0.25) is 4.79 Å². The highest BCUT2D eigenvalue weighted by Crippen LogP contribution is 2.47. The van der Waals surface area contributed by atoms with Crippen molar-refractivity contribution >= 4 is 5.97 Å². The van der Waals surface area contributed by atoms with Gasteiger partial charge in [0.2, 0.25) is 0 Å². The van der Waals surface area contributed by atoms with E-state index in [1.807, 2.05) is 12.1 Å². The Labute approximate surface area is 151 Å². The van der Waals surface area contributed by atoms with Gasteiger partial charge in [-0.2, -0.15) is 0 Å². The van der Waals surface area contributed by atoms with Crippen molar-refractivity contribution in [3.8, 4) is 17.2 Å². The Bertz CT molecular complexity index is 871. The van der Waals surface area contributed by atoms with E-state index in [0.717, 1.165) is 11.1 Å². The summed E-state index contributed by atoms with van der Waals surface area (Å²) in [6.45, 7) is 0.835. The Kier molecular flexibility index (Phi) is 3.55. The number of ether oxygens (including phenoxy) is 3. The zero-order valence-electron chi connectivity index (χ0n) is 14.3. The van der Waals surface area contributed by atoms with Crippen molar-refractivity contribution in [2.75, 3.05) is 13.2 Å². The SMILES string of the molecule is O=C(O)C[C@@H]1COc2cc3c(cc21)OCC(c1cccc(C2CC2)c1)O3. The van der Waals surface area contributed by atoms with Crippen LogP contribution in [0.2, 0.25) is 0 Å². The third kappa shape index (κ3) is 2.77. The molecule has 2 aromatic rings. The minimum absolute atomic E-state index is 0.0588. The molecule has 2 heterocycles. The second-order valence-corrected chi connectivity index (χ2v) is 7.30. The fourth-order valence-corrected chi connectivity index (χ4v) is 3.81. The molecule has 1 saturated carbocycles. The number of fused-ring (bicyclic) bond motifs is 2. The van der Waals surface area contributed by atoms with Crippen LogP contribution < -0.4 is 14.2 Å². The zero-order valence-corrected chi connectivity index (χ0v) is 14.3. The Morgan fingerprint density at radius 3 is 2.62 bits per heavy atom. The maximum Gasteiger partial charge on any atom is 0.304 e. The van der Waals surface area contributed by atoms with Crippen LogP contribution in [0.25, 0.3) is 0 Å². The van der Waals surface area contributed by atoms with Crippen molar-refractivity contribution in [1.82, 2.24) is 0 Å². The van der Waals surface area contributed by atoms with E-state index in [2.05, 4.69) is 24.3 Å². The Morgan fingerprint density at radius 1 is 1.00 bits per heavy atom. The van der Waals surface area contributed by atoms with Gasteiger partial charge in [0.05, 0.1) is 13.0 Å². The molecular formula is C21H20O5. The van der Waals surface area contributed by atoms with Crippen molar-refractivity contribution in [3.63, 3.8) is 0 Å². The van der Waals surface area contributed by atoms with Crippen molar-refractivity contribution < 1.29 is 24.1 Å². The van der Waals surface area contributed by atoms with Gasteiger partial charge in [0.25, 0.3) is 0 Å². The Balaban J connectivity index is 1.40. The molecule has 0 bridgehead atoms. The fraction of sp³-hybridized carbons (Fsp3) is 0.381. The quantitative estimate of drug-likeness (QED) is 0.900. The van der Waals surface area contributed by atoms with Crippen LogP contribution in [0, 0.1) is 0 Å². The first-order chi connectivity index (χ1) is 12.7. The molecule has 0 spiro atoms. The van der Waals surface area contributed by atoms with E-state index in [-0.39, 0.29) is 18.4 Å². The topological polar surface area (TPSA) is 65.0 Å². The second-order valence-electron chi connectivity index (χ2n) is 7.30. The third-order valence-corrected chi connectivity index (χ3v) is 5.37. The molecule has 26 heavy (non-hydrogen) atoms. The molecule has 0 aromatic heterocycles. The number of hydrogen-bond donors (Lipinski definition) is 1. The number of aliphatic carboxylic acids is 1. The summed E-state index contributed by atoms with van der Waals surface area (Å²) in [7, 11) is 0. The smallest absolute Gasteiger partial charge is 0.304 e. The number of carboxylic acids is 1. The summed E-state index contributed by atoms with van der Waals surface area (Å²) < 4.78 is 17.8. The lowest BCUT2D eigenvalue weighted by Gasteiger charge is -2.27. The average Bonchev–Trinajstić information content (AvgIpc) is 3.43. The number of hydrogen-bond acceptors (Lipinski definition) is 4. The van der Waals surface area contributed by atoms with Gasteiger partial charge in [0.15, 0.2) is 17.6 Å². The van der Waals surface area contributed by atoms with Gasteiger partial charge in [-0.1, -0.05) is 24.3 Å². The summed E-state index contributed by atoms with van der Waals surface area (Å²) in [4.78, 5) is 11.0. The van der Waals surface area contributed by atoms with Crippen molar-refractivity contribution in [2.45, 2.75) is 37.2 Å². The van der Waals surface area contributed by atoms with Crippen LogP contribution in [-0.4, -0.2) is 24.3 Å². The van der Waals surface area contributed by atoms with Crippen LogP contribution in [-0.2, 0) is 4.79 Å². The highest BCUT2D eigenvalue weighted by atomic mass is 16.6. The van der Waals surface area contributed by atoms with Crippen molar-refractivity contribution in [2.24, 2.45) is 0 Å². The maximum atomic E-state index is 11.0. The summed E-state index contributed by atoms with van der Waals surface area (Å²) in [5, 5.41) is 9.05. The molecule has 0 amide bonds. The van der Waals surface area contributed by atoms with Gasteiger partial charge >= 0.3 is 5.97 Å². The molecule has 1 fully saturated rings. The molecule has 134 valence electrons. The molecule has 5 heteroatoms. The maximum absolute atomic E-state index is 11.0. The summed E-state index contributed by atoms with van der Waals surface area (Å²) in [6, 6.07) is 12.3. The average molecular weight is 352 g/mol. The lowest BCUT2D eigenvalue weighted by Crippen LogP contribution is -2.21. The van der Waals surface area contributed by atoms with Crippen LogP contribution in [0.3, 0.4) is 0 Å². The third-order valence-electron chi connectivity index (χ3n) is 5.37. The predicted molar refractivity (Wildman–Crippen MR) is 94.2 cm³/mol. The molecule has 5 rings (SSSR count). The number of rotatable bonds is 4. The van der Waals surface area contributed by atoms with Crippen LogP contribution in [0.15, 0.2) is 36.4 Å². The number of carbonyl (C=O) groups is 1. The van der Waals surface area contributed by atoms with E-state index in [9.17, 15) is 4.79 Å². The molecule has 1 aliphatic carbocycles. The normalized spacial score (nSPS) is 23.2. The van der Waals surface area contributed by atoms with Gasteiger partial charge in [-0.25, -0.2) is 0 Å². The molecule has 1 unspecified atom stereocenters. The minimum Gasteiger partial charge on any atom is -0.492 e. The predicted octanol–water partition coefficient (Wildman–Crippen LogP) is 4.03. The summed E-state index contributed by atoms with van der Waals surface area (Å²) in [6.07, 6.45) is 2.46. The summed E-state index contributed by atoms with van der Waals surface area (Å²) in [5.41, 5.74) is 3.40. The summed E-state index contributed by atoms with van der Waals surface area (Å²) >= 11 is 0. The van der Waals surface area contributed by atoms with Crippen LogP contribution in [0.1, 0.15) is 53.9 Å². The number of carboxylic acid groups (broad SMARTS) is 1. The second kappa shape index (κ2) is 5.94. The lowest BCUT2D eigenvalue weighted by molar-refractivity contribution is -0.137. The van der Waals surface area contributed by atoms with Crippen LogP contribution in [0.5, 0.6) is 17.2 Å². The molecule has 0 saturated heterocycles. The molecule has 0 radical (unpaired) electrons. The van der Waals surface area contributed by atoms with Gasteiger partial charge in [0, 0.05) is 17.5 Å². The Hall–Kier alpha value is -2.69. The van der Waals surface area contributed by atoms with Crippen molar-refractivity contribution in [3.05, 3.63) is 53.1 Å². The minimum atomic E-state index is -0.822. The largest absolute Gasteiger partial charge is 0.492 e. The highest BCUT2D eigenvalue weighted by Gasteiger charge is 2.32. The van der Waals surface area contributed by atoms with E-state index >= 15 is 0 Å². The van der Waals surface area contributed by atoms with E-state index < -0.39 is 5.97 Å². The van der Waals surface area contributed by atoms with E-state index in [0.29, 0.717) is 36.4 Å². The fourth-order valence-electron chi connectivity index (χ4n) is 3.81. The molecule has 2 aliphatic heterocycles. The first-order valence-corrected chi connectivity index (χ1v) is 9.09. The van der Waals surface area contributed by atoms with Crippen LogP contribution in [0.4, 0.5) is 0 Å². The zero-order chi connectivity index (χ0) is 17.7. The molecular weight excluding hydrogens is 332 g/mol. The first-order valence-electron chi connectivity index (χ1n) is 9.09. The van der Waals surface area contributed by atoms with Gasteiger partial charge in [-0.05, 0) is 36.0 Å². The standard InChI is InChI=1S/C21H20O5/c22-21(23)7-15-10-24-17-9-19-18(8-16(15)17)25-11-20(26-19)14-3-1-2-13(6-14)12-4-5-12/h1-3,6,8-9,12,15,20H,4-5,7,10-11H2,(H,22,23)/t15-,20?/m1/s1. The monoisotopic (exact) mass is 352 g/mol. The van der Waals surface area contributed by atoms with Gasteiger partial charge in [0.1, 0.15) is 12.4 Å². The molecule has 2 aromatic carbocycles. The molecule has 5 nitrogen and oxygen atoms in total. The van der Waals surface area contributed by atoms with E-state index in [4.69, 9.17) is 19.3 Å². The number of benzene rings is 2. The Morgan fingerprint density at radius 2 is 1.81 bits per heavy atom. The van der Waals surface area contributed by atoms with Gasteiger partial charge in [-0.15, -0.1) is 0 Å². The molecule has 2 atom stereocenters. The molecule has 1 N–H and O–H groups in total. The highest BCUT2D eigenvalue weighted by molar-refractivity contribution is 5.69. The molecule has 3 aliphatic rings. The van der Waals surface area contributed by atoms with E-state index in [1.165, 1.54) is 18.4 Å². The first kappa shape index (κ1) is 15.6. The van der Waals surface area contributed by atoms with Crippen molar-refractivity contribution in [1.29, 1.82) is 0 Å². The van der Waals surface area contributed by atoms with Crippen LogP contribution >= 0.6 is 0 Å². The van der Waals surface area contributed by atoms with Gasteiger partial charge < -0.3 is 19.3 Å².